The zero-order valence-electron chi connectivity index (χ0n) is 12.7. The van der Waals surface area contributed by atoms with E-state index in [1.807, 2.05) is 32.0 Å². The lowest BCUT2D eigenvalue weighted by atomic mass is 10.1. The van der Waals surface area contributed by atoms with E-state index in [0.717, 1.165) is 17.2 Å². The van der Waals surface area contributed by atoms with Crippen LogP contribution >= 0.6 is 11.6 Å². The molecule has 0 heterocycles. The summed E-state index contributed by atoms with van der Waals surface area (Å²) in [6, 6.07) is 9.57. The lowest BCUT2D eigenvalue weighted by Crippen LogP contribution is -2.33. The van der Waals surface area contributed by atoms with Crippen LogP contribution in [0.15, 0.2) is 36.4 Å². The molecule has 120 valence electrons. The van der Waals surface area contributed by atoms with Gasteiger partial charge in [0.25, 0.3) is 5.91 Å². The molecule has 2 amide bonds. The van der Waals surface area contributed by atoms with Crippen LogP contribution in [0.5, 0.6) is 0 Å². The van der Waals surface area contributed by atoms with Gasteiger partial charge in [0, 0.05) is 5.69 Å². The monoisotopic (exact) mass is 334 g/mol. The standard InChI is InChI=1S/C17H16ClFN2O2/c1-10-6-11(2)8-12(7-10)21-15(22)9-20-17(23)16-13(18)4-3-5-14(16)19/h3-8H,9H2,1-2H3,(H,20,23)(H,21,22). The number of anilines is 1. The van der Waals surface area contributed by atoms with Gasteiger partial charge in [0.15, 0.2) is 0 Å². The van der Waals surface area contributed by atoms with Crippen molar-refractivity contribution in [1.29, 1.82) is 0 Å². The van der Waals surface area contributed by atoms with E-state index >= 15 is 0 Å². The number of benzene rings is 2. The molecule has 0 aliphatic rings. The Balaban J connectivity index is 1.98. The van der Waals surface area contributed by atoms with Gasteiger partial charge in [0.05, 0.1) is 17.1 Å². The smallest absolute Gasteiger partial charge is 0.256 e. The van der Waals surface area contributed by atoms with Crippen molar-refractivity contribution in [2.75, 3.05) is 11.9 Å². The molecule has 2 rings (SSSR count). The van der Waals surface area contributed by atoms with Crippen LogP contribution in [0.3, 0.4) is 0 Å². The first-order valence-corrected chi connectivity index (χ1v) is 7.35. The summed E-state index contributed by atoms with van der Waals surface area (Å²) in [6.45, 7) is 3.56. The van der Waals surface area contributed by atoms with E-state index in [1.54, 1.807) is 0 Å². The summed E-state index contributed by atoms with van der Waals surface area (Å²) < 4.78 is 13.6. The molecule has 0 spiro atoms. The molecular formula is C17H16ClFN2O2. The van der Waals surface area contributed by atoms with Gasteiger partial charge >= 0.3 is 0 Å². The first kappa shape index (κ1) is 17.0. The van der Waals surface area contributed by atoms with Gasteiger partial charge in [0.1, 0.15) is 5.82 Å². The number of nitrogens with one attached hydrogen (secondary N) is 2. The van der Waals surface area contributed by atoms with E-state index in [2.05, 4.69) is 10.6 Å². The molecule has 0 fully saturated rings. The van der Waals surface area contributed by atoms with Gasteiger partial charge in [-0.15, -0.1) is 0 Å². The molecule has 4 nitrogen and oxygen atoms in total. The van der Waals surface area contributed by atoms with Gasteiger partial charge < -0.3 is 10.6 Å². The molecule has 0 radical (unpaired) electrons. The molecule has 0 saturated heterocycles. The Bertz CT molecular complexity index is 722. The number of carbonyl (C=O) groups is 2. The van der Waals surface area contributed by atoms with Crippen LogP contribution in [-0.4, -0.2) is 18.4 Å². The van der Waals surface area contributed by atoms with E-state index in [9.17, 15) is 14.0 Å². The van der Waals surface area contributed by atoms with Crippen molar-refractivity contribution in [3.05, 3.63) is 63.9 Å². The predicted octanol–water partition coefficient (Wildman–Crippen LogP) is 3.46. The topological polar surface area (TPSA) is 58.2 Å². The first-order valence-electron chi connectivity index (χ1n) is 6.97. The van der Waals surface area contributed by atoms with Crippen molar-refractivity contribution in [2.24, 2.45) is 0 Å². The number of halogens is 2. The number of aryl methyl sites for hydroxylation is 2. The fourth-order valence-corrected chi connectivity index (χ4v) is 2.46. The Morgan fingerprint density at radius 3 is 2.39 bits per heavy atom. The third kappa shape index (κ3) is 4.53. The lowest BCUT2D eigenvalue weighted by Gasteiger charge is -2.09. The maximum atomic E-state index is 13.6. The van der Waals surface area contributed by atoms with Gasteiger partial charge in [0.2, 0.25) is 5.91 Å². The minimum Gasteiger partial charge on any atom is -0.343 e. The zero-order chi connectivity index (χ0) is 17.0. The van der Waals surface area contributed by atoms with Crippen LogP contribution in [-0.2, 0) is 4.79 Å². The number of carbonyl (C=O) groups excluding carboxylic acids is 2. The zero-order valence-corrected chi connectivity index (χ0v) is 13.5. The van der Waals surface area contributed by atoms with Gasteiger partial charge in [-0.2, -0.15) is 0 Å². The number of rotatable bonds is 4. The van der Waals surface area contributed by atoms with E-state index < -0.39 is 17.6 Å². The van der Waals surface area contributed by atoms with Crippen molar-refractivity contribution < 1.29 is 14.0 Å². The summed E-state index contributed by atoms with van der Waals surface area (Å²) in [7, 11) is 0. The average molecular weight is 335 g/mol. The van der Waals surface area contributed by atoms with Crippen molar-refractivity contribution in [2.45, 2.75) is 13.8 Å². The highest BCUT2D eigenvalue weighted by atomic mass is 35.5. The van der Waals surface area contributed by atoms with Gasteiger partial charge in [-0.3, -0.25) is 9.59 Å². The van der Waals surface area contributed by atoms with Crippen LogP contribution in [0.25, 0.3) is 0 Å². The van der Waals surface area contributed by atoms with E-state index in [1.165, 1.54) is 12.1 Å². The quantitative estimate of drug-likeness (QED) is 0.899. The molecule has 0 bridgehead atoms. The highest BCUT2D eigenvalue weighted by Crippen LogP contribution is 2.18. The third-order valence-electron chi connectivity index (χ3n) is 3.10. The molecule has 2 N–H and O–H groups in total. The van der Waals surface area contributed by atoms with Crippen molar-refractivity contribution in [3.63, 3.8) is 0 Å². The maximum Gasteiger partial charge on any atom is 0.256 e. The maximum absolute atomic E-state index is 13.6. The normalized spacial score (nSPS) is 10.3. The predicted molar refractivity (Wildman–Crippen MR) is 88.3 cm³/mol. The molecule has 0 aromatic heterocycles. The van der Waals surface area contributed by atoms with Crippen LogP contribution in [0.2, 0.25) is 5.02 Å². The molecule has 2 aromatic carbocycles. The molecule has 6 heteroatoms. The van der Waals surface area contributed by atoms with Gasteiger partial charge in [-0.1, -0.05) is 23.7 Å². The molecular weight excluding hydrogens is 319 g/mol. The molecule has 2 aromatic rings. The fourth-order valence-electron chi connectivity index (χ4n) is 2.22. The Morgan fingerprint density at radius 1 is 1.13 bits per heavy atom. The summed E-state index contributed by atoms with van der Waals surface area (Å²) in [6.07, 6.45) is 0. The van der Waals surface area contributed by atoms with Crippen LogP contribution < -0.4 is 10.6 Å². The highest BCUT2D eigenvalue weighted by molar-refractivity contribution is 6.33. The van der Waals surface area contributed by atoms with E-state index in [4.69, 9.17) is 11.6 Å². The Kier molecular flexibility index (Phi) is 5.34. The van der Waals surface area contributed by atoms with Crippen LogP contribution in [0.1, 0.15) is 21.5 Å². The minimum absolute atomic E-state index is 0.00258. The summed E-state index contributed by atoms with van der Waals surface area (Å²) in [4.78, 5) is 23.8. The van der Waals surface area contributed by atoms with E-state index in [-0.39, 0.29) is 17.1 Å². The molecule has 23 heavy (non-hydrogen) atoms. The second kappa shape index (κ2) is 7.24. The molecule has 0 aliphatic heterocycles. The second-order valence-corrected chi connectivity index (χ2v) is 5.61. The van der Waals surface area contributed by atoms with E-state index in [0.29, 0.717) is 5.69 Å². The third-order valence-corrected chi connectivity index (χ3v) is 3.42. The molecule has 0 unspecified atom stereocenters. The summed E-state index contributed by atoms with van der Waals surface area (Å²) >= 11 is 5.80. The van der Waals surface area contributed by atoms with Crippen molar-refractivity contribution in [1.82, 2.24) is 5.32 Å². The number of hydrogen-bond acceptors (Lipinski definition) is 2. The number of amides is 2. The summed E-state index contributed by atoms with van der Waals surface area (Å²) in [5.41, 5.74) is 2.41. The van der Waals surface area contributed by atoms with Crippen molar-refractivity contribution >= 4 is 29.1 Å². The largest absolute Gasteiger partial charge is 0.343 e. The first-order chi connectivity index (χ1) is 10.9. The average Bonchev–Trinajstić information content (AvgIpc) is 2.43. The molecule has 0 saturated carbocycles. The lowest BCUT2D eigenvalue weighted by molar-refractivity contribution is -0.115. The molecule has 0 atom stereocenters. The SMILES string of the molecule is Cc1cc(C)cc(NC(=O)CNC(=O)c2c(F)cccc2Cl)c1. The Hall–Kier alpha value is -2.40. The van der Waals surface area contributed by atoms with Gasteiger partial charge in [-0.05, 0) is 49.2 Å². The second-order valence-electron chi connectivity index (χ2n) is 5.20. The van der Waals surface area contributed by atoms with Crippen LogP contribution in [0.4, 0.5) is 10.1 Å². The fraction of sp³-hybridized carbons (Fsp3) is 0.176. The van der Waals surface area contributed by atoms with Gasteiger partial charge in [-0.25, -0.2) is 4.39 Å². The molecule has 0 aliphatic carbocycles. The minimum atomic E-state index is -0.733. The van der Waals surface area contributed by atoms with Crippen LogP contribution in [0, 0.1) is 19.7 Å². The number of hydrogen-bond donors (Lipinski definition) is 2. The van der Waals surface area contributed by atoms with Crippen molar-refractivity contribution in [3.8, 4) is 0 Å². The Morgan fingerprint density at radius 2 is 1.78 bits per heavy atom. The summed E-state index contributed by atoms with van der Waals surface area (Å²) in [5, 5.41) is 5.03. The Labute approximate surface area is 138 Å². The summed E-state index contributed by atoms with van der Waals surface area (Å²) in [5.74, 6) is -1.87. The highest BCUT2D eigenvalue weighted by Gasteiger charge is 2.16.